The summed E-state index contributed by atoms with van der Waals surface area (Å²) < 4.78 is 11.0. The van der Waals surface area contributed by atoms with Gasteiger partial charge >= 0.3 is 0 Å². The Bertz CT molecular complexity index is 259. The maximum Gasteiger partial charge on any atom is 0.0441 e. The van der Waals surface area contributed by atoms with E-state index in [9.17, 15) is 4.21 Å². The second kappa shape index (κ2) is 5.52. The highest BCUT2D eigenvalue weighted by Gasteiger charge is 2.04. The Hall–Kier alpha value is -0.190. The molecule has 0 aliphatic heterocycles. The van der Waals surface area contributed by atoms with Gasteiger partial charge in [-0.15, -0.1) is 0 Å². The average molecular weight is 217 g/mol. The zero-order valence-corrected chi connectivity index (χ0v) is 9.58. The van der Waals surface area contributed by atoms with Crippen molar-refractivity contribution in [2.75, 3.05) is 12.8 Å². The summed E-state index contributed by atoms with van der Waals surface area (Å²) in [4.78, 5) is 0. The first-order valence-electron chi connectivity index (χ1n) is 4.24. The topological polar surface area (TPSA) is 29.1 Å². The van der Waals surface area contributed by atoms with Crippen molar-refractivity contribution in [1.82, 2.24) is 5.32 Å². The van der Waals surface area contributed by atoms with Gasteiger partial charge in [0.1, 0.15) is 0 Å². The van der Waals surface area contributed by atoms with Crippen LogP contribution in [0.3, 0.4) is 0 Å². The molecule has 1 heterocycles. The van der Waals surface area contributed by atoms with Gasteiger partial charge in [0.25, 0.3) is 0 Å². The van der Waals surface area contributed by atoms with Crippen LogP contribution in [0.4, 0.5) is 0 Å². The van der Waals surface area contributed by atoms with Crippen molar-refractivity contribution < 1.29 is 4.21 Å². The maximum atomic E-state index is 11.0. The largest absolute Gasteiger partial charge is 0.311 e. The van der Waals surface area contributed by atoms with Crippen LogP contribution in [0.5, 0.6) is 0 Å². The monoisotopic (exact) mass is 217 g/mol. The van der Waals surface area contributed by atoms with Gasteiger partial charge in [0.2, 0.25) is 0 Å². The zero-order valence-electron chi connectivity index (χ0n) is 7.95. The standard InChI is InChI=1S/C9H15NOS2/c1-8(13(2)11)5-10-6-9-3-4-12-7-9/h3-4,7-8,10H,5-6H2,1-2H3. The summed E-state index contributed by atoms with van der Waals surface area (Å²) in [6.45, 7) is 3.70. The van der Waals surface area contributed by atoms with Crippen molar-refractivity contribution in [2.24, 2.45) is 0 Å². The van der Waals surface area contributed by atoms with Crippen molar-refractivity contribution in [3.8, 4) is 0 Å². The van der Waals surface area contributed by atoms with Crippen molar-refractivity contribution >= 4 is 22.1 Å². The Morgan fingerprint density at radius 3 is 3.00 bits per heavy atom. The Kier molecular flexibility index (Phi) is 4.62. The summed E-state index contributed by atoms with van der Waals surface area (Å²) in [6, 6.07) is 2.10. The molecule has 2 nitrogen and oxygen atoms in total. The minimum Gasteiger partial charge on any atom is -0.311 e. The molecule has 1 N–H and O–H groups in total. The third-order valence-electron chi connectivity index (χ3n) is 1.91. The Morgan fingerprint density at radius 1 is 1.69 bits per heavy atom. The second-order valence-corrected chi connectivity index (χ2v) is 5.65. The number of hydrogen-bond donors (Lipinski definition) is 1. The normalized spacial score (nSPS) is 15.5. The third kappa shape index (κ3) is 4.02. The van der Waals surface area contributed by atoms with Gasteiger partial charge < -0.3 is 5.32 Å². The first-order chi connectivity index (χ1) is 6.20. The molecule has 13 heavy (non-hydrogen) atoms. The van der Waals surface area contributed by atoms with Gasteiger partial charge in [-0.05, 0) is 29.3 Å². The van der Waals surface area contributed by atoms with Gasteiger partial charge in [-0.3, -0.25) is 4.21 Å². The summed E-state index contributed by atoms with van der Waals surface area (Å²) in [7, 11) is -0.718. The minimum absolute atomic E-state index is 0.235. The summed E-state index contributed by atoms with van der Waals surface area (Å²) in [5.41, 5.74) is 1.30. The molecule has 0 bridgehead atoms. The van der Waals surface area contributed by atoms with Crippen LogP contribution in [0.25, 0.3) is 0 Å². The summed E-state index contributed by atoms with van der Waals surface area (Å²) in [5.74, 6) is 0. The molecule has 2 unspecified atom stereocenters. The van der Waals surface area contributed by atoms with E-state index in [1.165, 1.54) is 5.56 Å². The molecular formula is C9H15NOS2. The van der Waals surface area contributed by atoms with Crippen LogP contribution >= 0.6 is 11.3 Å². The average Bonchev–Trinajstić information content (AvgIpc) is 2.56. The van der Waals surface area contributed by atoms with Gasteiger partial charge in [0, 0.05) is 35.4 Å². The van der Waals surface area contributed by atoms with Gasteiger partial charge in [-0.2, -0.15) is 11.3 Å². The van der Waals surface area contributed by atoms with Crippen LogP contribution in [-0.2, 0) is 17.3 Å². The molecule has 1 aromatic heterocycles. The first-order valence-corrected chi connectivity index (χ1v) is 6.80. The fourth-order valence-electron chi connectivity index (χ4n) is 0.930. The molecule has 0 fully saturated rings. The fourth-order valence-corrected chi connectivity index (χ4v) is 1.95. The summed E-state index contributed by atoms with van der Waals surface area (Å²) in [6.07, 6.45) is 1.75. The van der Waals surface area contributed by atoms with Crippen LogP contribution in [0.2, 0.25) is 0 Å². The lowest BCUT2D eigenvalue weighted by molar-refractivity contribution is 0.647. The smallest absolute Gasteiger partial charge is 0.0441 e. The molecule has 2 atom stereocenters. The molecule has 0 aliphatic carbocycles. The van der Waals surface area contributed by atoms with E-state index < -0.39 is 10.8 Å². The molecule has 0 radical (unpaired) electrons. The number of rotatable bonds is 5. The quantitative estimate of drug-likeness (QED) is 0.812. The lowest BCUT2D eigenvalue weighted by Gasteiger charge is -2.08. The molecule has 0 saturated heterocycles. The van der Waals surface area contributed by atoms with Crippen LogP contribution < -0.4 is 5.32 Å². The molecular weight excluding hydrogens is 202 g/mol. The van der Waals surface area contributed by atoms with Crippen LogP contribution in [0.1, 0.15) is 12.5 Å². The second-order valence-electron chi connectivity index (χ2n) is 3.07. The van der Waals surface area contributed by atoms with Crippen LogP contribution in [-0.4, -0.2) is 22.3 Å². The van der Waals surface area contributed by atoms with Crippen molar-refractivity contribution in [2.45, 2.75) is 18.7 Å². The van der Waals surface area contributed by atoms with Crippen molar-refractivity contribution in [3.05, 3.63) is 22.4 Å². The number of thiophene rings is 1. The summed E-state index contributed by atoms with van der Waals surface area (Å²) in [5, 5.41) is 7.71. The maximum absolute atomic E-state index is 11.0. The predicted octanol–water partition coefficient (Wildman–Crippen LogP) is 1.60. The molecule has 1 aromatic rings. The molecule has 74 valence electrons. The highest BCUT2D eigenvalue weighted by atomic mass is 32.2. The molecule has 0 saturated carbocycles. The first kappa shape index (κ1) is 10.9. The summed E-state index contributed by atoms with van der Waals surface area (Å²) >= 11 is 1.70. The van der Waals surface area contributed by atoms with Crippen molar-refractivity contribution in [1.29, 1.82) is 0 Å². The minimum atomic E-state index is -0.718. The molecule has 0 aromatic carbocycles. The van der Waals surface area contributed by atoms with E-state index in [-0.39, 0.29) is 5.25 Å². The Morgan fingerprint density at radius 2 is 2.46 bits per heavy atom. The molecule has 0 aliphatic rings. The van der Waals surface area contributed by atoms with Gasteiger partial charge in [-0.1, -0.05) is 0 Å². The highest BCUT2D eigenvalue weighted by molar-refractivity contribution is 7.84. The molecule has 0 spiro atoms. The van der Waals surface area contributed by atoms with Gasteiger partial charge in [0.15, 0.2) is 0 Å². The van der Waals surface area contributed by atoms with E-state index in [0.29, 0.717) is 0 Å². The predicted molar refractivity (Wildman–Crippen MR) is 59.6 cm³/mol. The number of nitrogens with one attached hydrogen (secondary N) is 1. The van der Waals surface area contributed by atoms with E-state index in [0.717, 1.165) is 13.1 Å². The lowest BCUT2D eigenvalue weighted by Crippen LogP contribution is -2.26. The van der Waals surface area contributed by atoms with Gasteiger partial charge in [0.05, 0.1) is 0 Å². The van der Waals surface area contributed by atoms with E-state index in [2.05, 4.69) is 22.1 Å². The van der Waals surface area contributed by atoms with Crippen molar-refractivity contribution in [3.63, 3.8) is 0 Å². The van der Waals surface area contributed by atoms with Crippen LogP contribution in [0.15, 0.2) is 16.8 Å². The highest BCUT2D eigenvalue weighted by Crippen LogP contribution is 2.04. The SMILES string of the molecule is CC(CNCc1ccsc1)S(C)=O. The van der Waals surface area contributed by atoms with Gasteiger partial charge in [-0.25, -0.2) is 0 Å². The lowest BCUT2D eigenvalue weighted by atomic mass is 10.3. The fraction of sp³-hybridized carbons (Fsp3) is 0.556. The number of hydrogen-bond acceptors (Lipinski definition) is 3. The van der Waals surface area contributed by atoms with Crippen LogP contribution in [0, 0.1) is 0 Å². The zero-order chi connectivity index (χ0) is 9.68. The third-order valence-corrected chi connectivity index (χ3v) is 3.94. The Labute approximate surface area is 85.8 Å². The van der Waals surface area contributed by atoms with E-state index in [1.807, 2.05) is 6.92 Å². The van der Waals surface area contributed by atoms with E-state index >= 15 is 0 Å². The van der Waals surface area contributed by atoms with E-state index in [1.54, 1.807) is 17.6 Å². The molecule has 1 rings (SSSR count). The molecule has 0 amide bonds. The van der Waals surface area contributed by atoms with E-state index in [4.69, 9.17) is 0 Å². The Balaban J connectivity index is 2.18. The molecule has 4 heteroatoms.